The van der Waals surface area contributed by atoms with Crippen molar-refractivity contribution >= 4 is 21.4 Å². The van der Waals surface area contributed by atoms with Gasteiger partial charge in [-0.3, -0.25) is 0 Å². The van der Waals surface area contributed by atoms with Crippen LogP contribution < -0.4 is 4.72 Å². The number of hydrogen-bond donors (Lipinski definition) is 1. The van der Waals surface area contributed by atoms with Crippen LogP contribution in [-0.2, 0) is 10.0 Å². The zero-order valence-corrected chi connectivity index (χ0v) is 11.1. The van der Waals surface area contributed by atoms with Crippen LogP contribution in [0.4, 0.5) is 0 Å². The van der Waals surface area contributed by atoms with E-state index in [4.69, 9.17) is 0 Å². The monoisotopic (exact) mass is 247 g/mol. The lowest BCUT2D eigenvalue weighted by molar-refractivity contribution is 0.309. The smallest absolute Gasteiger partial charge is 0.209 e. The van der Waals surface area contributed by atoms with Gasteiger partial charge in [-0.25, -0.2) is 13.1 Å². The van der Waals surface area contributed by atoms with Crippen molar-refractivity contribution in [3.05, 3.63) is 22.4 Å². The van der Waals surface area contributed by atoms with Crippen molar-refractivity contribution in [1.82, 2.24) is 4.72 Å². The highest BCUT2D eigenvalue weighted by Gasteiger charge is 2.29. The molecule has 0 saturated heterocycles. The Bertz CT molecular complexity index is 401. The third-order valence-electron chi connectivity index (χ3n) is 2.03. The first-order chi connectivity index (χ1) is 6.70. The Balaban J connectivity index is 3.01. The Morgan fingerprint density at radius 2 is 2.00 bits per heavy atom. The minimum Gasteiger partial charge on any atom is -0.213 e. The molecule has 1 heterocycles. The van der Waals surface area contributed by atoms with Crippen molar-refractivity contribution in [2.45, 2.75) is 26.8 Å². The highest BCUT2D eigenvalue weighted by Crippen LogP contribution is 2.35. The molecule has 0 fully saturated rings. The van der Waals surface area contributed by atoms with Gasteiger partial charge in [0.15, 0.2) is 0 Å². The minimum absolute atomic E-state index is 0.131. The molecule has 3 nitrogen and oxygen atoms in total. The summed E-state index contributed by atoms with van der Waals surface area (Å²) in [5.74, 6) is 0. The maximum absolute atomic E-state index is 11.3. The van der Waals surface area contributed by atoms with Crippen LogP contribution in [0.25, 0.3) is 0 Å². The standard InChI is InChI=1S/C10H17NO2S2/c1-10(2,3)9(11-15(4,12)13)8-6-5-7-14-8/h5-7,9,11H,1-4H3/t9-/m1/s1. The molecule has 0 unspecified atom stereocenters. The molecule has 0 aromatic carbocycles. The largest absolute Gasteiger partial charge is 0.213 e. The average Bonchev–Trinajstić information content (AvgIpc) is 2.47. The van der Waals surface area contributed by atoms with Crippen molar-refractivity contribution in [2.75, 3.05) is 6.26 Å². The van der Waals surface area contributed by atoms with Crippen LogP contribution in [0.3, 0.4) is 0 Å². The van der Waals surface area contributed by atoms with Gasteiger partial charge in [0.25, 0.3) is 0 Å². The second-order valence-electron chi connectivity index (χ2n) is 4.70. The number of thiophene rings is 1. The van der Waals surface area contributed by atoms with Crippen LogP contribution in [0.15, 0.2) is 17.5 Å². The van der Waals surface area contributed by atoms with E-state index in [1.807, 2.05) is 38.3 Å². The third kappa shape index (κ3) is 3.93. The number of sulfonamides is 1. The van der Waals surface area contributed by atoms with Gasteiger partial charge in [0.2, 0.25) is 10.0 Å². The fourth-order valence-corrected chi connectivity index (χ4v) is 3.33. The van der Waals surface area contributed by atoms with Crippen LogP contribution in [0.2, 0.25) is 0 Å². The van der Waals surface area contributed by atoms with E-state index in [1.165, 1.54) is 6.26 Å². The Kier molecular flexibility index (Phi) is 3.58. The summed E-state index contributed by atoms with van der Waals surface area (Å²) in [6.45, 7) is 6.07. The van der Waals surface area contributed by atoms with Crippen molar-refractivity contribution in [3.63, 3.8) is 0 Å². The quantitative estimate of drug-likeness (QED) is 0.891. The minimum atomic E-state index is -3.18. The molecule has 0 aliphatic rings. The molecule has 15 heavy (non-hydrogen) atoms. The van der Waals surface area contributed by atoms with Gasteiger partial charge in [0.1, 0.15) is 0 Å². The van der Waals surface area contributed by atoms with Gasteiger partial charge in [0, 0.05) is 4.88 Å². The van der Waals surface area contributed by atoms with Gasteiger partial charge in [-0.1, -0.05) is 26.8 Å². The Morgan fingerprint density at radius 3 is 2.33 bits per heavy atom. The first-order valence-corrected chi connectivity index (χ1v) is 7.48. The van der Waals surface area contributed by atoms with Crippen molar-refractivity contribution in [2.24, 2.45) is 5.41 Å². The fourth-order valence-electron chi connectivity index (χ4n) is 1.33. The van der Waals surface area contributed by atoms with Gasteiger partial charge in [-0.15, -0.1) is 11.3 Å². The molecule has 0 radical (unpaired) electrons. The summed E-state index contributed by atoms with van der Waals surface area (Å²) in [4.78, 5) is 1.05. The summed E-state index contributed by atoms with van der Waals surface area (Å²) in [5.41, 5.74) is -0.131. The molecule has 1 atom stereocenters. The lowest BCUT2D eigenvalue weighted by Gasteiger charge is -2.29. The van der Waals surface area contributed by atoms with E-state index < -0.39 is 10.0 Å². The van der Waals surface area contributed by atoms with Gasteiger partial charge < -0.3 is 0 Å². The summed E-state index contributed by atoms with van der Waals surface area (Å²) < 4.78 is 25.2. The summed E-state index contributed by atoms with van der Waals surface area (Å²) >= 11 is 1.57. The van der Waals surface area contributed by atoms with E-state index in [9.17, 15) is 8.42 Å². The van der Waals surface area contributed by atoms with Gasteiger partial charge in [-0.05, 0) is 16.9 Å². The molecule has 0 saturated carbocycles. The average molecular weight is 247 g/mol. The Hall–Kier alpha value is -0.390. The van der Waals surface area contributed by atoms with Crippen molar-refractivity contribution < 1.29 is 8.42 Å². The maximum Gasteiger partial charge on any atom is 0.209 e. The van der Waals surface area contributed by atoms with E-state index in [0.717, 1.165) is 4.88 Å². The molecule has 1 rings (SSSR count). The highest BCUT2D eigenvalue weighted by molar-refractivity contribution is 7.88. The van der Waals surface area contributed by atoms with E-state index in [0.29, 0.717) is 0 Å². The molecule has 5 heteroatoms. The molecule has 0 aliphatic heterocycles. The van der Waals surface area contributed by atoms with E-state index in [2.05, 4.69) is 4.72 Å². The summed E-state index contributed by atoms with van der Waals surface area (Å²) in [6.07, 6.45) is 1.19. The van der Waals surface area contributed by atoms with E-state index in [-0.39, 0.29) is 11.5 Å². The summed E-state index contributed by atoms with van der Waals surface area (Å²) in [7, 11) is -3.18. The molecular weight excluding hydrogens is 230 g/mol. The van der Waals surface area contributed by atoms with Crippen LogP contribution in [0.5, 0.6) is 0 Å². The normalized spacial score (nSPS) is 15.2. The van der Waals surface area contributed by atoms with Gasteiger partial charge >= 0.3 is 0 Å². The SMILES string of the molecule is CC(C)(C)[C@H](NS(C)(=O)=O)c1cccs1. The Labute approximate surface area is 95.6 Å². The van der Waals surface area contributed by atoms with Gasteiger partial charge in [-0.2, -0.15) is 0 Å². The molecule has 86 valence electrons. The second-order valence-corrected chi connectivity index (χ2v) is 7.46. The predicted molar refractivity (Wildman–Crippen MR) is 64.5 cm³/mol. The van der Waals surface area contributed by atoms with Crippen LogP contribution >= 0.6 is 11.3 Å². The topological polar surface area (TPSA) is 46.2 Å². The second kappa shape index (κ2) is 4.23. The maximum atomic E-state index is 11.3. The molecule has 0 spiro atoms. The number of hydrogen-bond acceptors (Lipinski definition) is 3. The molecule has 1 aromatic rings. The van der Waals surface area contributed by atoms with Crippen LogP contribution in [0.1, 0.15) is 31.7 Å². The molecule has 0 amide bonds. The lowest BCUT2D eigenvalue weighted by Crippen LogP contribution is -2.35. The summed E-state index contributed by atoms with van der Waals surface area (Å²) in [5, 5.41) is 1.96. The van der Waals surface area contributed by atoms with Crippen LogP contribution in [0, 0.1) is 5.41 Å². The summed E-state index contributed by atoms with van der Waals surface area (Å²) in [6, 6.07) is 3.73. The first kappa shape index (κ1) is 12.7. The van der Waals surface area contributed by atoms with Crippen molar-refractivity contribution in [1.29, 1.82) is 0 Å². The first-order valence-electron chi connectivity index (χ1n) is 4.71. The highest BCUT2D eigenvalue weighted by atomic mass is 32.2. The van der Waals surface area contributed by atoms with E-state index in [1.54, 1.807) is 11.3 Å². The zero-order chi connectivity index (χ0) is 11.7. The number of rotatable bonds is 3. The van der Waals surface area contributed by atoms with Crippen molar-refractivity contribution in [3.8, 4) is 0 Å². The molecule has 1 N–H and O–H groups in total. The lowest BCUT2D eigenvalue weighted by atomic mass is 9.86. The molecule has 1 aromatic heterocycles. The zero-order valence-electron chi connectivity index (χ0n) is 9.44. The predicted octanol–water partition coefficient (Wildman–Crippen LogP) is 2.38. The third-order valence-corrected chi connectivity index (χ3v) is 3.63. The fraction of sp³-hybridized carbons (Fsp3) is 0.600. The van der Waals surface area contributed by atoms with E-state index >= 15 is 0 Å². The molecule has 0 bridgehead atoms. The molecule has 0 aliphatic carbocycles. The molecular formula is C10H17NO2S2. The van der Waals surface area contributed by atoms with Crippen LogP contribution in [-0.4, -0.2) is 14.7 Å². The number of nitrogens with one attached hydrogen (secondary N) is 1. The van der Waals surface area contributed by atoms with Gasteiger partial charge in [0.05, 0.1) is 12.3 Å². The Morgan fingerprint density at radius 1 is 1.40 bits per heavy atom.